The number of guanidine groups is 1. The van der Waals surface area contributed by atoms with Crippen LogP contribution in [0, 0.1) is 0 Å². The third-order valence-electron chi connectivity index (χ3n) is 5.70. The van der Waals surface area contributed by atoms with E-state index in [1.807, 2.05) is 30.3 Å². The van der Waals surface area contributed by atoms with E-state index in [2.05, 4.69) is 29.7 Å². The van der Waals surface area contributed by atoms with Crippen molar-refractivity contribution in [3.8, 4) is 11.5 Å². The molecule has 32 heavy (non-hydrogen) atoms. The molecule has 176 valence electrons. The first kappa shape index (κ1) is 26.5. The Morgan fingerprint density at radius 2 is 1.78 bits per heavy atom. The van der Waals surface area contributed by atoms with Crippen LogP contribution in [0.1, 0.15) is 30.9 Å². The van der Waals surface area contributed by atoms with Gasteiger partial charge in [-0.05, 0) is 49.1 Å². The van der Waals surface area contributed by atoms with E-state index in [-0.39, 0.29) is 29.4 Å². The Kier molecular flexibility index (Phi) is 10.9. The van der Waals surface area contributed by atoms with E-state index in [9.17, 15) is 0 Å². The number of nitrogens with one attached hydrogen (secondary N) is 2. The number of rotatable bonds is 8. The average molecular weight is 574 g/mol. The Morgan fingerprint density at radius 1 is 1.06 bits per heavy atom. The van der Waals surface area contributed by atoms with Gasteiger partial charge in [-0.15, -0.1) is 24.0 Å². The summed E-state index contributed by atoms with van der Waals surface area (Å²) in [5, 5.41) is 7.70. The van der Waals surface area contributed by atoms with Crippen LogP contribution in [0.3, 0.4) is 0 Å². The van der Waals surface area contributed by atoms with Gasteiger partial charge in [0.05, 0.1) is 20.8 Å². The summed E-state index contributed by atoms with van der Waals surface area (Å²) in [6.45, 7) is 5.56. The zero-order valence-electron chi connectivity index (χ0n) is 18.9. The summed E-state index contributed by atoms with van der Waals surface area (Å²) < 4.78 is 16.4. The highest BCUT2D eigenvalue weighted by atomic mass is 127. The van der Waals surface area contributed by atoms with Gasteiger partial charge in [-0.25, -0.2) is 4.99 Å². The Morgan fingerprint density at radius 3 is 2.44 bits per heavy atom. The molecule has 0 bridgehead atoms. The summed E-state index contributed by atoms with van der Waals surface area (Å²) in [6.07, 6.45) is 1.83. The number of ether oxygens (including phenoxy) is 3. The minimum absolute atomic E-state index is 0. The fourth-order valence-electron chi connectivity index (χ4n) is 3.94. The monoisotopic (exact) mass is 573 g/mol. The fourth-order valence-corrected chi connectivity index (χ4v) is 4.27. The fraction of sp³-hybridized carbons (Fsp3) is 0.458. The van der Waals surface area contributed by atoms with Crippen LogP contribution in [0.4, 0.5) is 0 Å². The number of methoxy groups -OCH3 is 2. The lowest BCUT2D eigenvalue weighted by molar-refractivity contribution is 0.0514. The molecule has 2 aromatic carbocycles. The van der Waals surface area contributed by atoms with E-state index in [4.69, 9.17) is 30.8 Å². The van der Waals surface area contributed by atoms with E-state index in [0.717, 1.165) is 55.7 Å². The van der Waals surface area contributed by atoms with Crippen molar-refractivity contribution in [3.05, 3.63) is 58.6 Å². The molecular formula is C24H33ClIN3O3. The molecule has 0 amide bonds. The van der Waals surface area contributed by atoms with Gasteiger partial charge in [-0.2, -0.15) is 0 Å². The zero-order valence-corrected chi connectivity index (χ0v) is 22.0. The van der Waals surface area contributed by atoms with Gasteiger partial charge in [0.15, 0.2) is 17.5 Å². The molecule has 0 atom stereocenters. The van der Waals surface area contributed by atoms with Gasteiger partial charge in [0.1, 0.15) is 0 Å². The van der Waals surface area contributed by atoms with E-state index in [1.54, 1.807) is 14.2 Å². The van der Waals surface area contributed by atoms with Crippen molar-refractivity contribution >= 4 is 41.5 Å². The SMILES string of the molecule is CCNC(=NCc1ccc(OC)c(OC)c1)NCC1(c2ccccc2Cl)CCOCC1.I. The van der Waals surface area contributed by atoms with Crippen LogP contribution >= 0.6 is 35.6 Å². The lowest BCUT2D eigenvalue weighted by Crippen LogP contribution is -2.48. The molecule has 0 aromatic heterocycles. The maximum absolute atomic E-state index is 6.58. The summed E-state index contributed by atoms with van der Waals surface area (Å²) in [5.41, 5.74) is 2.13. The largest absolute Gasteiger partial charge is 0.493 e. The number of hydrogen-bond acceptors (Lipinski definition) is 4. The molecule has 1 aliphatic rings. The predicted molar refractivity (Wildman–Crippen MR) is 141 cm³/mol. The molecule has 0 unspecified atom stereocenters. The maximum Gasteiger partial charge on any atom is 0.191 e. The van der Waals surface area contributed by atoms with Crippen molar-refractivity contribution in [2.24, 2.45) is 4.99 Å². The van der Waals surface area contributed by atoms with Crippen molar-refractivity contribution in [2.75, 3.05) is 40.5 Å². The van der Waals surface area contributed by atoms with Gasteiger partial charge in [-0.1, -0.05) is 35.9 Å². The molecule has 0 radical (unpaired) electrons. The first-order valence-corrected chi connectivity index (χ1v) is 11.1. The maximum atomic E-state index is 6.58. The second kappa shape index (κ2) is 13.1. The summed E-state index contributed by atoms with van der Waals surface area (Å²) in [6, 6.07) is 14.0. The van der Waals surface area contributed by atoms with Gasteiger partial charge in [-0.3, -0.25) is 0 Å². The number of benzene rings is 2. The molecule has 0 spiro atoms. The van der Waals surface area contributed by atoms with Crippen LogP contribution in [-0.4, -0.2) is 46.5 Å². The molecule has 2 N–H and O–H groups in total. The quantitative estimate of drug-likeness (QED) is 0.270. The molecule has 0 aliphatic carbocycles. The Bertz CT molecular complexity index is 889. The van der Waals surface area contributed by atoms with Crippen molar-refractivity contribution in [1.82, 2.24) is 10.6 Å². The van der Waals surface area contributed by atoms with E-state index >= 15 is 0 Å². The number of aliphatic imine (C=N–C) groups is 1. The second-order valence-corrected chi connectivity index (χ2v) is 8.02. The van der Waals surface area contributed by atoms with Gasteiger partial charge in [0, 0.05) is 36.7 Å². The molecule has 1 heterocycles. The number of hydrogen-bond donors (Lipinski definition) is 2. The average Bonchev–Trinajstić information content (AvgIpc) is 2.81. The van der Waals surface area contributed by atoms with Crippen LogP contribution in [0.5, 0.6) is 11.5 Å². The van der Waals surface area contributed by atoms with Crippen molar-refractivity contribution in [1.29, 1.82) is 0 Å². The normalized spacial score (nSPS) is 15.4. The van der Waals surface area contributed by atoms with E-state index < -0.39 is 0 Å². The van der Waals surface area contributed by atoms with Crippen molar-refractivity contribution in [3.63, 3.8) is 0 Å². The summed E-state index contributed by atoms with van der Waals surface area (Å²) in [7, 11) is 3.27. The van der Waals surface area contributed by atoms with Gasteiger partial charge < -0.3 is 24.8 Å². The second-order valence-electron chi connectivity index (χ2n) is 7.61. The molecule has 1 aliphatic heterocycles. The zero-order chi connectivity index (χ0) is 22.1. The van der Waals surface area contributed by atoms with Crippen LogP contribution in [-0.2, 0) is 16.7 Å². The van der Waals surface area contributed by atoms with Crippen LogP contribution < -0.4 is 20.1 Å². The molecular weight excluding hydrogens is 541 g/mol. The molecule has 1 fully saturated rings. The molecule has 2 aromatic rings. The Labute approximate surface area is 213 Å². The Balaban J connectivity index is 0.00000363. The third-order valence-corrected chi connectivity index (χ3v) is 6.03. The molecule has 8 heteroatoms. The highest BCUT2D eigenvalue weighted by Crippen LogP contribution is 2.38. The predicted octanol–water partition coefficient (Wildman–Crippen LogP) is 4.78. The summed E-state index contributed by atoms with van der Waals surface area (Å²) in [4.78, 5) is 4.78. The van der Waals surface area contributed by atoms with Crippen LogP contribution in [0.25, 0.3) is 0 Å². The first-order valence-electron chi connectivity index (χ1n) is 10.7. The summed E-state index contributed by atoms with van der Waals surface area (Å²) in [5.74, 6) is 2.18. The van der Waals surface area contributed by atoms with Gasteiger partial charge >= 0.3 is 0 Å². The van der Waals surface area contributed by atoms with Crippen LogP contribution in [0.2, 0.25) is 5.02 Å². The van der Waals surface area contributed by atoms with E-state index in [1.165, 1.54) is 5.56 Å². The van der Waals surface area contributed by atoms with Crippen molar-refractivity contribution in [2.45, 2.75) is 31.7 Å². The molecule has 0 saturated carbocycles. The van der Waals surface area contributed by atoms with Gasteiger partial charge in [0.25, 0.3) is 0 Å². The third kappa shape index (κ3) is 6.65. The smallest absolute Gasteiger partial charge is 0.191 e. The molecule has 6 nitrogen and oxygen atoms in total. The van der Waals surface area contributed by atoms with Gasteiger partial charge in [0.2, 0.25) is 0 Å². The van der Waals surface area contributed by atoms with Crippen molar-refractivity contribution < 1.29 is 14.2 Å². The highest BCUT2D eigenvalue weighted by molar-refractivity contribution is 14.0. The minimum Gasteiger partial charge on any atom is -0.493 e. The standard InChI is InChI=1S/C24H32ClN3O3.HI/c1-4-26-23(27-16-18-9-10-21(29-2)22(15-18)30-3)28-17-24(11-13-31-14-12-24)19-7-5-6-8-20(19)25;/h5-10,15H,4,11-14,16-17H2,1-3H3,(H2,26,27,28);1H. The van der Waals surface area contributed by atoms with E-state index in [0.29, 0.717) is 18.0 Å². The lowest BCUT2D eigenvalue weighted by atomic mass is 9.74. The number of halogens is 2. The van der Waals surface area contributed by atoms with Crippen LogP contribution in [0.15, 0.2) is 47.5 Å². The minimum atomic E-state index is -0.0872. The molecule has 1 saturated heterocycles. The summed E-state index contributed by atoms with van der Waals surface area (Å²) >= 11 is 6.58. The highest BCUT2D eigenvalue weighted by Gasteiger charge is 2.36. The molecule has 3 rings (SSSR count). The first-order chi connectivity index (χ1) is 15.1. The Hall–Kier alpha value is -1.71. The topological polar surface area (TPSA) is 64.1 Å². The number of nitrogens with zero attached hydrogens (tertiary/aromatic N) is 1. The lowest BCUT2D eigenvalue weighted by Gasteiger charge is -2.38.